The van der Waals surface area contributed by atoms with Gasteiger partial charge in [-0.1, -0.05) is 56.2 Å². The van der Waals surface area contributed by atoms with E-state index in [2.05, 4.69) is 48.4 Å². The van der Waals surface area contributed by atoms with Crippen LogP contribution in [0, 0.1) is 0 Å². The minimum atomic E-state index is 0.142. The van der Waals surface area contributed by atoms with Crippen molar-refractivity contribution in [3.63, 3.8) is 0 Å². The summed E-state index contributed by atoms with van der Waals surface area (Å²) in [4.78, 5) is 0. The predicted octanol–water partition coefficient (Wildman–Crippen LogP) is 4.78. The first-order valence-electron chi connectivity index (χ1n) is 7.29. The molecule has 3 aromatic rings. The molecule has 0 bridgehead atoms. The monoisotopic (exact) mass is 293 g/mol. The third-order valence-electron chi connectivity index (χ3n) is 3.45. The molecule has 0 aliphatic rings. The van der Waals surface area contributed by atoms with Gasteiger partial charge in [0.15, 0.2) is 0 Å². The van der Waals surface area contributed by atoms with Crippen LogP contribution in [-0.4, -0.2) is 10.2 Å². The second kappa shape index (κ2) is 5.64. The molecule has 0 unspecified atom stereocenters. The normalized spacial score (nSPS) is 11.4. The Morgan fingerprint density at radius 3 is 2.18 bits per heavy atom. The second-order valence-corrected chi connectivity index (χ2v) is 6.23. The summed E-state index contributed by atoms with van der Waals surface area (Å²) in [6, 6.07) is 18.4. The second-order valence-electron chi connectivity index (χ2n) is 6.23. The first-order valence-corrected chi connectivity index (χ1v) is 7.29. The van der Waals surface area contributed by atoms with E-state index >= 15 is 0 Å². The average Bonchev–Trinajstić information content (AvgIpc) is 2.96. The van der Waals surface area contributed by atoms with Gasteiger partial charge in [0.2, 0.25) is 5.89 Å². The number of anilines is 2. The predicted molar refractivity (Wildman–Crippen MR) is 88.2 cm³/mol. The first kappa shape index (κ1) is 14.3. The van der Waals surface area contributed by atoms with Gasteiger partial charge in [-0.15, -0.1) is 5.10 Å². The van der Waals surface area contributed by atoms with Crippen LogP contribution in [0.25, 0.3) is 11.5 Å². The van der Waals surface area contributed by atoms with Crippen LogP contribution in [0.2, 0.25) is 0 Å². The maximum atomic E-state index is 5.64. The summed E-state index contributed by atoms with van der Waals surface area (Å²) in [6.07, 6.45) is 0. The van der Waals surface area contributed by atoms with Crippen LogP contribution < -0.4 is 5.32 Å². The molecule has 0 spiro atoms. The number of benzene rings is 2. The van der Waals surface area contributed by atoms with Gasteiger partial charge in [-0.05, 0) is 35.2 Å². The van der Waals surface area contributed by atoms with Crippen LogP contribution in [0.4, 0.5) is 11.7 Å². The Hall–Kier alpha value is -2.62. The third kappa shape index (κ3) is 3.17. The number of nitrogens with zero attached hydrogens (tertiary/aromatic N) is 2. The summed E-state index contributed by atoms with van der Waals surface area (Å²) in [6.45, 7) is 6.58. The Morgan fingerprint density at radius 2 is 1.55 bits per heavy atom. The largest absolute Gasteiger partial charge is 0.403 e. The fourth-order valence-electron chi connectivity index (χ4n) is 2.15. The van der Waals surface area contributed by atoms with E-state index in [1.807, 2.05) is 42.5 Å². The lowest BCUT2D eigenvalue weighted by molar-refractivity contribution is 0.587. The molecule has 0 saturated carbocycles. The molecule has 22 heavy (non-hydrogen) atoms. The molecule has 3 rings (SSSR count). The number of rotatable bonds is 3. The molecule has 1 aromatic heterocycles. The van der Waals surface area contributed by atoms with E-state index in [0.29, 0.717) is 11.9 Å². The van der Waals surface area contributed by atoms with E-state index in [4.69, 9.17) is 4.42 Å². The number of nitrogens with one attached hydrogen (secondary N) is 1. The molecule has 0 saturated heterocycles. The highest BCUT2D eigenvalue weighted by atomic mass is 16.4. The summed E-state index contributed by atoms with van der Waals surface area (Å²) in [5, 5.41) is 11.2. The molecule has 0 aliphatic carbocycles. The lowest BCUT2D eigenvalue weighted by atomic mass is 9.87. The number of hydrogen-bond donors (Lipinski definition) is 1. The molecule has 4 heteroatoms. The van der Waals surface area contributed by atoms with Crippen molar-refractivity contribution < 1.29 is 4.42 Å². The highest BCUT2D eigenvalue weighted by Gasteiger charge is 2.13. The van der Waals surface area contributed by atoms with Crippen molar-refractivity contribution >= 4 is 11.7 Å². The van der Waals surface area contributed by atoms with E-state index in [1.54, 1.807) is 0 Å². The Kier molecular flexibility index (Phi) is 3.67. The quantitative estimate of drug-likeness (QED) is 0.755. The lowest BCUT2D eigenvalue weighted by Crippen LogP contribution is -2.10. The number of hydrogen-bond acceptors (Lipinski definition) is 4. The molecule has 0 amide bonds. The minimum absolute atomic E-state index is 0.142. The standard InChI is InChI=1S/C18H19N3O/c1-18(2,3)14-9-11-15(12-10-14)19-17-21-20-16(22-17)13-7-5-4-6-8-13/h4-12H,1-3H3,(H,19,21). The molecule has 1 heterocycles. The van der Waals surface area contributed by atoms with Crippen LogP contribution in [0.1, 0.15) is 26.3 Å². The van der Waals surface area contributed by atoms with Crippen molar-refractivity contribution in [3.8, 4) is 11.5 Å². The zero-order chi connectivity index (χ0) is 15.6. The summed E-state index contributed by atoms with van der Waals surface area (Å²) < 4.78 is 5.64. The molecular weight excluding hydrogens is 274 g/mol. The molecule has 0 fully saturated rings. The topological polar surface area (TPSA) is 51.0 Å². The highest BCUT2D eigenvalue weighted by Crippen LogP contribution is 2.25. The van der Waals surface area contributed by atoms with Crippen molar-refractivity contribution in [2.24, 2.45) is 0 Å². The molecule has 4 nitrogen and oxygen atoms in total. The van der Waals surface area contributed by atoms with Gasteiger partial charge >= 0.3 is 6.01 Å². The van der Waals surface area contributed by atoms with Gasteiger partial charge in [0, 0.05) is 11.3 Å². The lowest BCUT2D eigenvalue weighted by Gasteiger charge is -2.19. The highest BCUT2D eigenvalue weighted by molar-refractivity contribution is 5.56. The van der Waals surface area contributed by atoms with Gasteiger partial charge in [-0.2, -0.15) is 0 Å². The van der Waals surface area contributed by atoms with Crippen molar-refractivity contribution in [3.05, 3.63) is 60.2 Å². The maximum Gasteiger partial charge on any atom is 0.320 e. The molecule has 1 N–H and O–H groups in total. The average molecular weight is 293 g/mol. The third-order valence-corrected chi connectivity index (χ3v) is 3.45. The van der Waals surface area contributed by atoms with Crippen LogP contribution >= 0.6 is 0 Å². The molecule has 0 aliphatic heterocycles. The van der Waals surface area contributed by atoms with E-state index < -0.39 is 0 Å². The molecule has 2 aromatic carbocycles. The van der Waals surface area contributed by atoms with Gasteiger partial charge in [0.25, 0.3) is 0 Å². The number of aromatic nitrogens is 2. The molecule has 0 atom stereocenters. The van der Waals surface area contributed by atoms with Crippen molar-refractivity contribution in [2.45, 2.75) is 26.2 Å². The Labute approximate surface area is 130 Å². The molecular formula is C18H19N3O. The summed E-state index contributed by atoms with van der Waals surface area (Å²) >= 11 is 0. The van der Waals surface area contributed by atoms with Crippen LogP contribution in [-0.2, 0) is 5.41 Å². The Morgan fingerprint density at radius 1 is 0.864 bits per heavy atom. The van der Waals surface area contributed by atoms with E-state index in [0.717, 1.165) is 11.3 Å². The minimum Gasteiger partial charge on any atom is -0.403 e. The first-order chi connectivity index (χ1) is 10.5. The van der Waals surface area contributed by atoms with Gasteiger partial charge in [0.05, 0.1) is 0 Å². The van der Waals surface area contributed by atoms with Crippen LogP contribution in [0.5, 0.6) is 0 Å². The summed E-state index contributed by atoms with van der Waals surface area (Å²) in [5.74, 6) is 0.509. The Bertz CT molecular complexity index is 740. The van der Waals surface area contributed by atoms with Crippen LogP contribution in [0.3, 0.4) is 0 Å². The van der Waals surface area contributed by atoms with E-state index in [-0.39, 0.29) is 5.41 Å². The van der Waals surface area contributed by atoms with Gasteiger partial charge in [0.1, 0.15) is 0 Å². The van der Waals surface area contributed by atoms with Gasteiger partial charge in [-0.25, -0.2) is 0 Å². The zero-order valence-electron chi connectivity index (χ0n) is 13.0. The smallest absolute Gasteiger partial charge is 0.320 e. The summed E-state index contributed by atoms with van der Waals surface area (Å²) in [7, 11) is 0. The SMILES string of the molecule is CC(C)(C)c1ccc(Nc2nnc(-c3ccccc3)o2)cc1. The van der Waals surface area contributed by atoms with Crippen molar-refractivity contribution in [1.29, 1.82) is 0 Å². The van der Waals surface area contributed by atoms with Crippen molar-refractivity contribution in [2.75, 3.05) is 5.32 Å². The fraction of sp³-hybridized carbons (Fsp3) is 0.222. The fourth-order valence-corrected chi connectivity index (χ4v) is 2.15. The van der Waals surface area contributed by atoms with Crippen molar-refractivity contribution in [1.82, 2.24) is 10.2 Å². The van der Waals surface area contributed by atoms with Gasteiger partial charge < -0.3 is 9.73 Å². The molecule has 112 valence electrons. The maximum absolute atomic E-state index is 5.64. The van der Waals surface area contributed by atoms with E-state index in [1.165, 1.54) is 5.56 Å². The van der Waals surface area contributed by atoms with Crippen LogP contribution in [0.15, 0.2) is 59.0 Å². The zero-order valence-corrected chi connectivity index (χ0v) is 13.0. The van der Waals surface area contributed by atoms with Gasteiger partial charge in [-0.3, -0.25) is 0 Å². The summed E-state index contributed by atoms with van der Waals surface area (Å²) in [5.41, 5.74) is 3.26. The Balaban J connectivity index is 1.76. The molecule has 0 radical (unpaired) electrons. The van der Waals surface area contributed by atoms with E-state index in [9.17, 15) is 0 Å².